The molecule has 0 unspecified atom stereocenters. The first-order chi connectivity index (χ1) is 17.1. The average Bonchev–Trinajstić information content (AvgIpc) is 3.69. The van der Waals surface area contributed by atoms with Gasteiger partial charge in [-0.15, -0.1) is 0 Å². The molecule has 36 heavy (non-hydrogen) atoms. The van der Waals surface area contributed by atoms with Gasteiger partial charge in [0, 0.05) is 49.5 Å². The van der Waals surface area contributed by atoms with Gasteiger partial charge in [-0.2, -0.15) is 0 Å². The second-order valence-corrected chi connectivity index (χ2v) is 11.0. The van der Waals surface area contributed by atoms with Crippen molar-refractivity contribution in [3.8, 4) is 11.5 Å². The Hall–Kier alpha value is -3.00. The van der Waals surface area contributed by atoms with Gasteiger partial charge in [-0.25, -0.2) is 4.79 Å². The van der Waals surface area contributed by atoms with Gasteiger partial charge in [-0.05, 0) is 62.4 Å². The molecule has 2 heterocycles. The number of allylic oxidation sites excluding steroid dienone is 1. The lowest BCUT2D eigenvalue weighted by atomic mass is 9.87. The van der Waals surface area contributed by atoms with Crippen LogP contribution in [0, 0.1) is 17.2 Å². The summed E-state index contributed by atoms with van der Waals surface area (Å²) in [7, 11) is 1.60. The number of nitrogens with two attached hydrogens (primary N) is 1. The summed E-state index contributed by atoms with van der Waals surface area (Å²) in [5, 5.41) is 8.65. The highest BCUT2D eigenvalue weighted by Crippen LogP contribution is 2.38. The first kappa shape index (κ1) is 26.1. The number of hydrogen-bond donors (Lipinski definition) is 2. The van der Waals surface area contributed by atoms with Crippen LogP contribution in [0.2, 0.25) is 0 Å². The molecule has 4 rings (SSSR count). The van der Waals surface area contributed by atoms with Crippen LogP contribution in [0.5, 0.6) is 11.5 Å². The van der Waals surface area contributed by atoms with Crippen molar-refractivity contribution < 1.29 is 19.0 Å². The predicted octanol–water partition coefficient (Wildman–Crippen LogP) is 4.56. The third-order valence-corrected chi connectivity index (χ3v) is 7.27. The molecule has 0 spiro atoms. The molecule has 1 atom stereocenters. The number of nitrogens with one attached hydrogen (secondary N) is 1. The monoisotopic (exact) mass is 496 g/mol. The second-order valence-electron chi connectivity index (χ2n) is 11.0. The molecule has 0 aromatic heterocycles. The number of benzene rings is 1. The van der Waals surface area contributed by atoms with Crippen LogP contribution in [0.1, 0.15) is 47.0 Å². The molecule has 8 heteroatoms. The fourth-order valence-electron chi connectivity index (χ4n) is 4.90. The maximum absolute atomic E-state index is 13.0. The summed E-state index contributed by atoms with van der Waals surface area (Å²) in [5.74, 6) is 1.80. The summed E-state index contributed by atoms with van der Waals surface area (Å²) in [6, 6.07) is 7.01. The van der Waals surface area contributed by atoms with Gasteiger partial charge >= 0.3 is 6.09 Å². The van der Waals surface area contributed by atoms with Gasteiger partial charge in [-0.3, -0.25) is 0 Å². The van der Waals surface area contributed by atoms with Crippen LogP contribution in [0.3, 0.4) is 0 Å². The van der Waals surface area contributed by atoms with Crippen molar-refractivity contribution in [3.05, 3.63) is 47.3 Å². The molecule has 2 aliphatic heterocycles. The van der Waals surface area contributed by atoms with E-state index in [0.717, 1.165) is 24.0 Å². The number of hydrogen-bond acceptors (Lipinski definition) is 7. The number of carbonyl (C=O) groups is 1. The maximum atomic E-state index is 13.0. The van der Waals surface area contributed by atoms with Gasteiger partial charge < -0.3 is 35.2 Å². The van der Waals surface area contributed by atoms with Crippen LogP contribution < -0.4 is 15.2 Å². The Morgan fingerprint density at radius 2 is 1.83 bits per heavy atom. The Kier molecular flexibility index (Phi) is 7.64. The molecule has 1 aromatic carbocycles. The molecule has 1 saturated heterocycles. The minimum atomic E-state index is -0.343. The summed E-state index contributed by atoms with van der Waals surface area (Å²) in [6.07, 6.45) is 4.50. The Morgan fingerprint density at radius 3 is 2.44 bits per heavy atom. The molecule has 8 nitrogen and oxygen atoms in total. The predicted molar refractivity (Wildman–Crippen MR) is 140 cm³/mol. The lowest BCUT2D eigenvalue weighted by molar-refractivity contribution is -0.0117. The number of piperazine rings is 1. The Labute approximate surface area is 214 Å². The topological polar surface area (TPSA) is 101 Å². The largest absolute Gasteiger partial charge is 0.497 e. The fourth-order valence-corrected chi connectivity index (χ4v) is 4.90. The van der Waals surface area contributed by atoms with E-state index in [1.54, 1.807) is 31.4 Å². The van der Waals surface area contributed by atoms with Crippen molar-refractivity contribution in [2.24, 2.45) is 17.6 Å². The van der Waals surface area contributed by atoms with Crippen molar-refractivity contribution in [1.29, 1.82) is 5.41 Å². The van der Waals surface area contributed by atoms with E-state index in [2.05, 4.69) is 32.6 Å². The Morgan fingerprint density at radius 1 is 1.17 bits per heavy atom. The second kappa shape index (κ2) is 10.5. The molecule has 1 aliphatic carbocycles. The summed E-state index contributed by atoms with van der Waals surface area (Å²) in [5.41, 5.74) is 9.74. The number of amides is 1. The zero-order valence-corrected chi connectivity index (χ0v) is 22.2. The van der Waals surface area contributed by atoms with E-state index in [1.807, 2.05) is 11.1 Å². The number of nitrogens with zero attached hydrogens (tertiary/aromatic N) is 2. The summed E-state index contributed by atoms with van der Waals surface area (Å²) >= 11 is 0. The molecule has 1 amide bonds. The number of ether oxygens (including phenoxy) is 3. The standard InChI is InChI=1S/C28H40N4O4/c1-18(2)25-16-31(12-13-32(25)27(33)36-21-10-8-20(34-5)9-11-21)15-24(29)22-14-28(3,4)35-17-23(22)26(30)19-6-7-19/h8-11,15,18-19,25,30H,6-7,12-14,16-17,29H2,1-5H3/b24-15-,30-26?/t25-/m0/s1. The highest BCUT2D eigenvalue weighted by atomic mass is 16.6. The smallest absolute Gasteiger partial charge is 0.415 e. The Bertz CT molecular complexity index is 1040. The van der Waals surface area contributed by atoms with Gasteiger partial charge in [0.05, 0.1) is 31.1 Å². The number of methoxy groups -OCH3 is 1. The molecule has 0 bridgehead atoms. The van der Waals surface area contributed by atoms with E-state index in [1.165, 1.54) is 0 Å². The molecule has 1 aromatic rings. The van der Waals surface area contributed by atoms with E-state index in [9.17, 15) is 4.79 Å². The van der Waals surface area contributed by atoms with E-state index < -0.39 is 0 Å². The quantitative estimate of drug-likeness (QED) is 0.537. The van der Waals surface area contributed by atoms with E-state index in [0.29, 0.717) is 61.5 Å². The fraction of sp³-hybridized carbons (Fsp3) is 0.571. The van der Waals surface area contributed by atoms with Gasteiger partial charge in [0.1, 0.15) is 11.5 Å². The third kappa shape index (κ3) is 6.03. The van der Waals surface area contributed by atoms with Gasteiger partial charge in [0.2, 0.25) is 0 Å². The number of rotatable bonds is 7. The molecule has 0 radical (unpaired) electrons. The van der Waals surface area contributed by atoms with Crippen molar-refractivity contribution in [1.82, 2.24) is 9.80 Å². The van der Waals surface area contributed by atoms with E-state index in [-0.39, 0.29) is 23.7 Å². The minimum absolute atomic E-state index is 0.0158. The van der Waals surface area contributed by atoms with Crippen LogP contribution >= 0.6 is 0 Å². The van der Waals surface area contributed by atoms with Crippen LogP contribution in [0.4, 0.5) is 4.79 Å². The van der Waals surface area contributed by atoms with Gasteiger partial charge in [-0.1, -0.05) is 13.8 Å². The van der Waals surface area contributed by atoms with Crippen molar-refractivity contribution in [3.63, 3.8) is 0 Å². The van der Waals surface area contributed by atoms with Crippen molar-refractivity contribution in [2.75, 3.05) is 33.4 Å². The lowest BCUT2D eigenvalue weighted by Crippen LogP contribution is -2.56. The van der Waals surface area contributed by atoms with Crippen LogP contribution in [-0.2, 0) is 4.74 Å². The third-order valence-electron chi connectivity index (χ3n) is 7.27. The molecular weight excluding hydrogens is 456 g/mol. The van der Waals surface area contributed by atoms with Crippen molar-refractivity contribution in [2.45, 2.75) is 58.6 Å². The molecule has 3 aliphatic rings. The summed E-state index contributed by atoms with van der Waals surface area (Å²) < 4.78 is 16.9. The van der Waals surface area contributed by atoms with Gasteiger partial charge in [0.15, 0.2) is 0 Å². The first-order valence-corrected chi connectivity index (χ1v) is 12.9. The molecule has 2 fully saturated rings. The van der Waals surface area contributed by atoms with E-state index in [4.69, 9.17) is 25.4 Å². The van der Waals surface area contributed by atoms with Crippen LogP contribution in [-0.4, -0.2) is 66.6 Å². The molecule has 196 valence electrons. The summed E-state index contributed by atoms with van der Waals surface area (Å²) in [6.45, 7) is 10.7. The number of carbonyl (C=O) groups excluding carboxylic acids is 1. The van der Waals surface area contributed by atoms with Crippen molar-refractivity contribution >= 4 is 11.8 Å². The molecular formula is C28H40N4O4. The normalized spacial score (nSPS) is 22.6. The zero-order chi connectivity index (χ0) is 26.0. The van der Waals surface area contributed by atoms with Crippen LogP contribution in [0.15, 0.2) is 47.3 Å². The van der Waals surface area contributed by atoms with E-state index >= 15 is 0 Å². The molecule has 3 N–H and O–H groups in total. The highest BCUT2D eigenvalue weighted by molar-refractivity contribution is 6.02. The average molecular weight is 497 g/mol. The van der Waals surface area contributed by atoms with Crippen LogP contribution in [0.25, 0.3) is 0 Å². The lowest BCUT2D eigenvalue weighted by Gasteiger charge is -2.42. The minimum Gasteiger partial charge on any atom is -0.497 e. The SMILES string of the molecule is COc1ccc(OC(=O)N2CCN(/C=C(\N)C3=C(C(=N)C4CC4)COC(C)(C)C3)C[C@H]2C(C)C)cc1. The zero-order valence-electron chi connectivity index (χ0n) is 22.2. The summed E-state index contributed by atoms with van der Waals surface area (Å²) in [4.78, 5) is 17.1. The Balaban J connectivity index is 1.48. The van der Waals surface area contributed by atoms with Gasteiger partial charge in [0.25, 0.3) is 0 Å². The molecule has 1 saturated carbocycles. The highest BCUT2D eigenvalue weighted by Gasteiger charge is 2.37. The first-order valence-electron chi connectivity index (χ1n) is 12.9. The maximum Gasteiger partial charge on any atom is 0.415 e.